The van der Waals surface area contributed by atoms with E-state index in [0.29, 0.717) is 12.2 Å². The maximum absolute atomic E-state index is 11.7. The van der Waals surface area contributed by atoms with Crippen molar-refractivity contribution in [3.8, 4) is 11.8 Å². The largest absolute Gasteiger partial charge is 0.543 e. The zero-order chi connectivity index (χ0) is 19.2. The summed E-state index contributed by atoms with van der Waals surface area (Å²) in [6, 6.07) is 0. The molecule has 2 aliphatic carbocycles. The normalized spacial score (nSPS) is 20.6. The number of carboxylic acid groups (broad SMARTS) is 1. The molecular formula is C20H28O4Si. The molecule has 0 saturated heterocycles. The van der Waals surface area contributed by atoms with Crippen molar-refractivity contribution in [2.75, 3.05) is 0 Å². The lowest BCUT2D eigenvalue weighted by Gasteiger charge is -2.37. The molecule has 136 valence electrons. The van der Waals surface area contributed by atoms with Gasteiger partial charge < -0.3 is 14.6 Å². The van der Waals surface area contributed by atoms with Crippen LogP contribution in [0.15, 0.2) is 34.6 Å². The predicted octanol–water partition coefficient (Wildman–Crippen LogP) is 4.01. The van der Waals surface area contributed by atoms with Crippen LogP contribution in [0, 0.1) is 17.8 Å². The smallest absolute Gasteiger partial charge is 0.336 e. The summed E-state index contributed by atoms with van der Waals surface area (Å²) >= 11 is 0. The van der Waals surface area contributed by atoms with E-state index in [1.165, 1.54) is 0 Å². The van der Waals surface area contributed by atoms with E-state index < -0.39 is 19.9 Å². The second kappa shape index (κ2) is 6.19. The molecule has 0 radical (unpaired) electrons. The SMILES string of the molecule is CC(C)(O)C#CC1=CC(C(=O)O)=C2C(O[Si](C)(C)C(C)(C)C)=CC[C@@H]12. The summed E-state index contributed by atoms with van der Waals surface area (Å²) in [5.74, 6) is 5.41. The molecule has 4 nitrogen and oxygen atoms in total. The van der Waals surface area contributed by atoms with Crippen molar-refractivity contribution >= 4 is 14.3 Å². The van der Waals surface area contributed by atoms with Gasteiger partial charge in [0.1, 0.15) is 11.4 Å². The molecule has 0 saturated carbocycles. The maximum Gasteiger partial charge on any atom is 0.336 e. The minimum absolute atomic E-state index is 0.0332. The topological polar surface area (TPSA) is 66.8 Å². The van der Waals surface area contributed by atoms with Crippen LogP contribution in [-0.4, -0.2) is 30.1 Å². The van der Waals surface area contributed by atoms with Gasteiger partial charge in [-0.2, -0.15) is 0 Å². The molecule has 25 heavy (non-hydrogen) atoms. The number of fused-ring (bicyclic) bond motifs is 1. The molecule has 0 aromatic heterocycles. The van der Waals surface area contributed by atoms with Crippen molar-refractivity contribution in [2.24, 2.45) is 5.92 Å². The van der Waals surface area contributed by atoms with Crippen LogP contribution < -0.4 is 0 Å². The second-order valence-electron chi connectivity index (χ2n) is 8.76. The zero-order valence-electron chi connectivity index (χ0n) is 16.2. The van der Waals surface area contributed by atoms with Gasteiger partial charge in [0.25, 0.3) is 0 Å². The number of aliphatic carboxylic acids is 1. The van der Waals surface area contributed by atoms with E-state index in [1.54, 1.807) is 19.9 Å². The number of carboxylic acids is 1. The molecule has 5 heteroatoms. The molecule has 0 bridgehead atoms. The lowest BCUT2D eigenvalue weighted by atomic mass is 9.96. The summed E-state index contributed by atoms with van der Waals surface area (Å²) in [6.45, 7) is 14.0. The van der Waals surface area contributed by atoms with Crippen LogP contribution in [0.3, 0.4) is 0 Å². The Labute approximate surface area is 151 Å². The molecule has 0 amide bonds. The molecule has 0 spiro atoms. The van der Waals surface area contributed by atoms with E-state index in [9.17, 15) is 15.0 Å². The average Bonchev–Trinajstić information content (AvgIpc) is 2.95. The van der Waals surface area contributed by atoms with Gasteiger partial charge >= 0.3 is 5.97 Å². The van der Waals surface area contributed by atoms with Gasteiger partial charge in [-0.1, -0.05) is 32.6 Å². The standard InChI is InChI=1S/C20H28O4Si/c1-19(2,3)25(6,7)24-16-9-8-14-13(10-11-20(4,5)23)12-15(17(14)16)18(21)22/h9,12,14,23H,8H2,1-7H3,(H,21,22)/t14-/m0/s1. The van der Waals surface area contributed by atoms with Crippen LogP contribution in [0.2, 0.25) is 18.1 Å². The van der Waals surface area contributed by atoms with Gasteiger partial charge in [0.05, 0.1) is 5.57 Å². The Morgan fingerprint density at radius 3 is 2.36 bits per heavy atom. The monoisotopic (exact) mass is 360 g/mol. The van der Waals surface area contributed by atoms with Crippen molar-refractivity contribution < 1.29 is 19.4 Å². The number of aliphatic hydroxyl groups is 1. The Morgan fingerprint density at radius 1 is 1.28 bits per heavy atom. The van der Waals surface area contributed by atoms with Crippen molar-refractivity contribution in [3.05, 3.63) is 34.6 Å². The lowest BCUT2D eigenvalue weighted by molar-refractivity contribution is -0.132. The highest BCUT2D eigenvalue weighted by atomic mass is 28.4. The number of allylic oxidation sites excluding steroid dienone is 3. The van der Waals surface area contributed by atoms with Gasteiger partial charge in [0.2, 0.25) is 8.32 Å². The fourth-order valence-electron chi connectivity index (χ4n) is 2.61. The summed E-state index contributed by atoms with van der Waals surface area (Å²) in [5, 5.41) is 19.5. The first kappa shape index (κ1) is 19.6. The second-order valence-corrected chi connectivity index (χ2v) is 13.5. The highest BCUT2D eigenvalue weighted by Crippen LogP contribution is 2.47. The van der Waals surface area contributed by atoms with Crippen molar-refractivity contribution in [2.45, 2.75) is 64.8 Å². The summed E-state index contributed by atoms with van der Waals surface area (Å²) < 4.78 is 6.40. The van der Waals surface area contributed by atoms with E-state index in [-0.39, 0.29) is 16.5 Å². The van der Waals surface area contributed by atoms with Crippen LogP contribution in [0.1, 0.15) is 41.0 Å². The van der Waals surface area contributed by atoms with Crippen LogP contribution in [0.25, 0.3) is 0 Å². The van der Waals surface area contributed by atoms with E-state index in [4.69, 9.17) is 4.43 Å². The predicted molar refractivity (Wildman–Crippen MR) is 101 cm³/mol. The molecule has 0 fully saturated rings. The summed E-state index contributed by atoms with van der Waals surface area (Å²) in [7, 11) is -2.06. The first-order chi connectivity index (χ1) is 11.2. The van der Waals surface area contributed by atoms with Gasteiger partial charge in [-0.15, -0.1) is 0 Å². The van der Waals surface area contributed by atoms with Crippen LogP contribution in [0.5, 0.6) is 0 Å². The van der Waals surface area contributed by atoms with Gasteiger partial charge in [0.15, 0.2) is 0 Å². The fraction of sp³-hybridized carbons (Fsp3) is 0.550. The minimum Gasteiger partial charge on any atom is -0.543 e. The quantitative estimate of drug-likeness (QED) is 0.589. The molecule has 0 heterocycles. The summed E-state index contributed by atoms with van der Waals surface area (Å²) in [5.41, 5.74) is 0.615. The first-order valence-electron chi connectivity index (χ1n) is 8.57. The van der Waals surface area contributed by atoms with E-state index in [1.807, 2.05) is 6.08 Å². The third-order valence-electron chi connectivity index (χ3n) is 5.03. The van der Waals surface area contributed by atoms with Gasteiger partial charge in [-0.25, -0.2) is 4.79 Å². The van der Waals surface area contributed by atoms with E-state index in [0.717, 1.165) is 11.1 Å². The lowest BCUT2D eigenvalue weighted by Crippen LogP contribution is -2.40. The maximum atomic E-state index is 11.7. The molecule has 0 aromatic rings. The van der Waals surface area contributed by atoms with Crippen molar-refractivity contribution in [1.29, 1.82) is 0 Å². The first-order valence-corrected chi connectivity index (χ1v) is 11.5. The molecule has 2 N–H and O–H groups in total. The van der Waals surface area contributed by atoms with Crippen LogP contribution in [0.4, 0.5) is 0 Å². The minimum atomic E-state index is -2.06. The Balaban J connectivity index is 2.36. The number of carbonyl (C=O) groups is 1. The Morgan fingerprint density at radius 2 is 1.88 bits per heavy atom. The Bertz CT molecular complexity index is 743. The van der Waals surface area contributed by atoms with Crippen LogP contribution >= 0.6 is 0 Å². The molecule has 2 aliphatic rings. The van der Waals surface area contributed by atoms with Gasteiger partial charge in [-0.3, -0.25) is 0 Å². The molecule has 2 rings (SSSR count). The summed E-state index contributed by atoms with van der Waals surface area (Å²) in [6.07, 6.45) is 4.30. The summed E-state index contributed by atoms with van der Waals surface area (Å²) in [4.78, 5) is 11.7. The third kappa shape index (κ3) is 4.08. The van der Waals surface area contributed by atoms with Crippen molar-refractivity contribution in [3.63, 3.8) is 0 Å². The van der Waals surface area contributed by atoms with E-state index >= 15 is 0 Å². The highest BCUT2D eigenvalue weighted by Gasteiger charge is 2.43. The Hall–Kier alpha value is -1.77. The Kier molecular flexibility index (Phi) is 4.84. The fourth-order valence-corrected chi connectivity index (χ4v) is 3.66. The van der Waals surface area contributed by atoms with Gasteiger partial charge in [0, 0.05) is 17.1 Å². The van der Waals surface area contributed by atoms with Crippen molar-refractivity contribution in [1.82, 2.24) is 0 Å². The number of hydrogen-bond donors (Lipinski definition) is 2. The molecule has 1 atom stereocenters. The molecule has 0 aliphatic heterocycles. The molecule has 0 aromatic carbocycles. The van der Waals surface area contributed by atoms with Gasteiger partial charge in [-0.05, 0) is 50.6 Å². The number of rotatable bonds is 3. The average molecular weight is 361 g/mol. The highest BCUT2D eigenvalue weighted by molar-refractivity contribution is 6.74. The van der Waals surface area contributed by atoms with Crippen LogP contribution in [-0.2, 0) is 9.22 Å². The third-order valence-corrected chi connectivity index (χ3v) is 9.38. The zero-order valence-corrected chi connectivity index (χ0v) is 17.2. The van der Waals surface area contributed by atoms with E-state index in [2.05, 4.69) is 45.7 Å². The molecule has 0 unspecified atom stereocenters. The number of hydrogen-bond acceptors (Lipinski definition) is 3. The molecular weight excluding hydrogens is 332 g/mol.